The van der Waals surface area contributed by atoms with Crippen LogP contribution < -0.4 is 5.32 Å². The standard InChI is InChI=1S/C26H29N3O4/c1-17(2)29-15-18(14-27-29)13-19(11-12-25(30)31)28-26(32)33-16-24-22-9-5-3-7-20(22)21-8-4-6-10-23(21)24/h3-10,14-15,17,19,24H,11-13,16H2,1-2H3,(H,28,32)(H,30,31). The van der Waals surface area contributed by atoms with E-state index in [1.807, 2.05) is 49.0 Å². The molecule has 1 amide bonds. The summed E-state index contributed by atoms with van der Waals surface area (Å²) in [5, 5.41) is 16.3. The maximum atomic E-state index is 12.7. The summed E-state index contributed by atoms with van der Waals surface area (Å²) in [5.41, 5.74) is 5.58. The van der Waals surface area contributed by atoms with Crippen LogP contribution >= 0.6 is 0 Å². The van der Waals surface area contributed by atoms with Crippen LogP contribution in [-0.4, -0.2) is 39.6 Å². The number of aromatic nitrogens is 2. The van der Waals surface area contributed by atoms with E-state index in [4.69, 9.17) is 9.84 Å². The highest BCUT2D eigenvalue weighted by atomic mass is 16.5. The van der Waals surface area contributed by atoms with E-state index in [2.05, 4.69) is 34.7 Å². The van der Waals surface area contributed by atoms with Gasteiger partial charge < -0.3 is 15.2 Å². The lowest BCUT2D eigenvalue weighted by atomic mass is 9.98. The Morgan fingerprint density at radius 2 is 1.73 bits per heavy atom. The van der Waals surface area contributed by atoms with Crippen LogP contribution in [0.4, 0.5) is 4.79 Å². The second-order valence-electron chi connectivity index (χ2n) is 8.73. The molecular formula is C26H29N3O4. The zero-order valence-corrected chi connectivity index (χ0v) is 18.9. The molecule has 2 N–H and O–H groups in total. The first-order chi connectivity index (χ1) is 15.9. The van der Waals surface area contributed by atoms with Gasteiger partial charge in [0.1, 0.15) is 6.61 Å². The summed E-state index contributed by atoms with van der Waals surface area (Å²) in [4.78, 5) is 23.8. The Balaban J connectivity index is 1.41. The summed E-state index contributed by atoms with van der Waals surface area (Å²) in [5.74, 6) is -0.919. The first kappa shape index (κ1) is 22.6. The molecule has 0 saturated carbocycles. The number of nitrogens with zero attached hydrogens (tertiary/aromatic N) is 2. The van der Waals surface area contributed by atoms with Crippen molar-refractivity contribution in [3.8, 4) is 11.1 Å². The van der Waals surface area contributed by atoms with Crippen LogP contribution in [0.5, 0.6) is 0 Å². The molecule has 0 aliphatic heterocycles. The van der Waals surface area contributed by atoms with Crippen LogP contribution in [0.25, 0.3) is 11.1 Å². The van der Waals surface area contributed by atoms with Crippen molar-refractivity contribution in [1.82, 2.24) is 15.1 Å². The summed E-state index contributed by atoms with van der Waals surface area (Å²) < 4.78 is 7.48. The first-order valence-electron chi connectivity index (χ1n) is 11.3. The molecule has 1 aliphatic rings. The van der Waals surface area contributed by atoms with Gasteiger partial charge >= 0.3 is 12.1 Å². The lowest BCUT2D eigenvalue weighted by molar-refractivity contribution is -0.137. The highest BCUT2D eigenvalue weighted by Gasteiger charge is 2.29. The van der Waals surface area contributed by atoms with Crippen molar-refractivity contribution < 1.29 is 19.4 Å². The molecule has 4 rings (SSSR count). The van der Waals surface area contributed by atoms with Crippen LogP contribution in [0.1, 0.15) is 55.3 Å². The minimum atomic E-state index is -0.896. The maximum absolute atomic E-state index is 12.7. The van der Waals surface area contributed by atoms with Gasteiger partial charge in [-0.15, -0.1) is 0 Å². The number of nitrogens with one attached hydrogen (secondary N) is 1. The van der Waals surface area contributed by atoms with Gasteiger partial charge in [0.05, 0.1) is 6.20 Å². The van der Waals surface area contributed by atoms with Gasteiger partial charge in [-0.05, 0) is 54.5 Å². The number of carboxylic acids is 1. The van der Waals surface area contributed by atoms with Crippen molar-refractivity contribution in [3.63, 3.8) is 0 Å². The van der Waals surface area contributed by atoms with Gasteiger partial charge in [-0.1, -0.05) is 48.5 Å². The monoisotopic (exact) mass is 447 g/mol. The fourth-order valence-corrected chi connectivity index (χ4v) is 4.38. The van der Waals surface area contributed by atoms with Crippen molar-refractivity contribution in [1.29, 1.82) is 0 Å². The SMILES string of the molecule is CC(C)n1cc(CC(CCC(=O)O)NC(=O)OCC2c3ccccc3-c3ccccc32)cn1. The summed E-state index contributed by atoms with van der Waals surface area (Å²) in [6.07, 6.45) is 3.91. The van der Waals surface area contributed by atoms with Gasteiger partial charge in [0.15, 0.2) is 0 Å². The average Bonchev–Trinajstić information content (AvgIpc) is 3.39. The third-order valence-electron chi connectivity index (χ3n) is 6.04. The number of fused-ring (bicyclic) bond motifs is 3. The van der Waals surface area contributed by atoms with Crippen LogP contribution in [0.3, 0.4) is 0 Å². The van der Waals surface area contributed by atoms with Gasteiger partial charge in [0.25, 0.3) is 0 Å². The molecule has 2 aromatic carbocycles. The second-order valence-corrected chi connectivity index (χ2v) is 8.73. The van der Waals surface area contributed by atoms with Gasteiger partial charge in [-0.2, -0.15) is 5.10 Å². The molecule has 1 aliphatic carbocycles. The predicted octanol–water partition coefficient (Wildman–Crippen LogP) is 4.78. The van der Waals surface area contributed by atoms with E-state index in [1.165, 1.54) is 11.1 Å². The molecule has 33 heavy (non-hydrogen) atoms. The molecular weight excluding hydrogens is 418 g/mol. The van der Waals surface area contributed by atoms with Crippen molar-refractivity contribution in [3.05, 3.63) is 77.6 Å². The number of carbonyl (C=O) groups excluding carboxylic acids is 1. The number of hydrogen-bond donors (Lipinski definition) is 2. The second kappa shape index (κ2) is 9.90. The van der Waals surface area contributed by atoms with Crippen LogP contribution in [0.2, 0.25) is 0 Å². The van der Waals surface area contributed by atoms with E-state index < -0.39 is 12.1 Å². The minimum Gasteiger partial charge on any atom is -0.481 e. The summed E-state index contributed by atoms with van der Waals surface area (Å²) in [6.45, 7) is 4.29. The fraction of sp³-hybridized carbons (Fsp3) is 0.346. The molecule has 1 heterocycles. The molecule has 0 fully saturated rings. The molecule has 1 atom stereocenters. The molecule has 1 aromatic heterocycles. The number of amides is 1. The quantitative estimate of drug-likeness (QED) is 0.492. The third-order valence-corrected chi connectivity index (χ3v) is 6.04. The van der Waals surface area contributed by atoms with Crippen molar-refractivity contribution >= 4 is 12.1 Å². The molecule has 7 nitrogen and oxygen atoms in total. The summed E-state index contributed by atoms with van der Waals surface area (Å²) in [6, 6.07) is 16.2. The minimum absolute atomic E-state index is 0.0232. The topological polar surface area (TPSA) is 93.5 Å². The molecule has 1 unspecified atom stereocenters. The lowest BCUT2D eigenvalue weighted by Gasteiger charge is -2.19. The van der Waals surface area contributed by atoms with Crippen molar-refractivity contribution in [2.75, 3.05) is 6.61 Å². The Labute approximate surface area is 193 Å². The van der Waals surface area contributed by atoms with E-state index >= 15 is 0 Å². The van der Waals surface area contributed by atoms with Crippen molar-refractivity contribution in [2.24, 2.45) is 0 Å². The summed E-state index contributed by atoms with van der Waals surface area (Å²) >= 11 is 0. The Morgan fingerprint density at radius 3 is 2.30 bits per heavy atom. The number of aliphatic carboxylic acids is 1. The lowest BCUT2D eigenvalue weighted by Crippen LogP contribution is -2.37. The largest absolute Gasteiger partial charge is 0.481 e. The Hall–Kier alpha value is -3.61. The molecule has 0 saturated heterocycles. The smallest absolute Gasteiger partial charge is 0.407 e. The number of alkyl carbamates (subject to hydrolysis) is 1. The molecule has 0 radical (unpaired) electrons. The zero-order chi connectivity index (χ0) is 23.4. The highest BCUT2D eigenvalue weighted by Crippen LogP contribution is 2.44. The predicted molar refractivity (Wildman–Crippen MR) is 125 cm³/mol. The molecule has 7 heteroatoms. The third kappa shape index (κ3) is 5.25. The van der Waals surface area contributed by atoms with Gasteiger partial charge in [-0.25, -0.2) is 4.79 Å². The molecule has 3 aromatic rings. The molecule has 0 bridgehead atoms. The Kier molecular flexibility index (Phi) is 6.77. The Morgan fingerprint density at radius 1 is 1.09 bits per heavy atom. The van der Waals surface area contributed by atoms with E-state index in [-0.39, 0.29) is 31.0 Å². The number of carbonyl (C=O) groups is 2. The maximum Gasteiger partial charge on any atom is 0.407 e. The van der Waals surface area contributed by atoms with Gasteiger partial charge in [0.2, 0.25) is 0 Å². The highest BCUT2D eigenvalue weighted by molar-refractivity contribution is 5.79. The van der Waals surface area contributed by atoms with Crippen LogP contribution in [0.15, 0.2) is 60.9 Å². The Bertz CT molecular complexity index is 1090. The number of hydrogen-bond acceptors (Lipinski definition) is 4. The number of benzene rings is 2. The molecule has 172 valence electrons. The first-order valence-corrected chi connectivity index (χ1v) is 11.3. The zero-order valence-electron chi connectivity index (χ0n) is 18.9. The van der Waals surface area contributed by atoms with E-state index in [9.17, 15) is 9.59 Å². The number of ether oxygens (including phenoxy) is 1. The summed E-state index contributed by atoms with van der Waals surface area (Å²) in [7, 11) is 0. The van der Waals surface area contributed by atoms with E-state index in [0.29, 0.717) is 12.8 Å². The van der Waals surface area contributed by atoms with Crippen LogP contribution in [0, 0.1) is 0 Å². The molecule has 0 spiro atoms. The number of carboxylic acid groups (broad SMARTS) is 1. The van der Waals surface area contributed by atoms with Gasteiger partial charge in [-0.3, -0.25) is 9.48 Å². The van der Waals surface area contributed by atoms with E-state index in [0.717, 1.165) is 16.7 Å². The van der Waals surface area contributed by atoms with Crippen molar-refractivity contribution in [2.45, 2.75) is 51.1 Å². The normalized spacial score (nSPS) is 13.4. The number of rotatable bonds is 9. The van der Waals surface area contributed by atoms with E-state index in [1.54, 1.807) is 6.20 Å². The average molecular weight is 448 g/mol. The van der Waals surface area contributed by atoms with Crippen LogP contribution in [-0.2, 0) is 16.0 Å². The fourth-order valence-electron chi connectivity index (χ4n) is 4.38. The van der Waals surface area contributed by atoms with Gasteiger partial charge in [0, 0.05) is 30.6 Å².